The third kappa shape index (κ3) is 6.78. The van der Waals surface area contributed by atoms with Crippen LogP contribution in [0.15, 0.2) is 24.3 Å². The van der Waals surface area contributed by atoms with E-state index >= 15 is 0 Å². The molecule has 1 N–H and O–H groups in total. The zero-order valence-electron chi connectivity index (χ0n) is 23.6. The molecule has 0 spiro atoms. The zero-order valence-corrected chi connectivity index (χ0v) is 23.6. The monoisotopic (exact) mass is 544 g/mol. The lowest BCUT2D eigenvalue weighted by molar-refractivity contribution is 0.146. The number of nitrogens with one attached hydrogen (secondary N) is 1. The molecule has 3 heterocycles. The van der Waals surface area contributed by atoms with E-state index in [1.54, 1.807) is 13.8 Å². The summed E-state index contributed by atoms with van der Waals surface area (Å²) in [6.07, 6.45) is -0.932. The summed E-state index contributed by atoms with van der Waals surface area (Å²) in [5.41, 5.74) is 1.03. The number of alkyl halides is 2. The van der Waals surface area contributed by atoms with Gasteiger partial charge >= 0.3 is 0 Å². The third-order valence-electron chi connectivity index (χ3n) is 7.38. The van der Waals surface area contributed by atoms with Crippen molar-refractivity contribution in [3.63, 3.8) is 0 Å². The van der Waals surface area contributed by atoms with Gasteiger partial charge in [0.15, 0.2) is 5.65 Å². The minimum Gasteiger partial charge on any atom is -0.476 e. The van der Waals surface area contributed by atoms with Gasteiger partial charge < -0.3 is 19.9 Å². The van der Waals surface area contributed by atoms with E-state index in [2.05, 4.69) is 38.9 Å². The lowest BCUT2D eigenvalue weighted by Gasteiger charge is -2.35. The minimum absolute atomic E-state index is 0.148. The number of pyridine rings is 1. The third-order valence-corrected chi connectivity index (χ3v) is 7.38. The fourth-order valence-corrected chi connectivity index (χ4v) is 5.09. The molecule has 1 fully saturated rings. The maximum absolute atomic E-state index is 14.9. The van der Waals surface area contributed by atoms with Crippen molar-refractivity contribution in [2.75, 3.05) is 45.7 Å². The molecule has 0 unspecified atom stereocenters. The van der Waals surface area contributed by atoms with E-state index in [9.17, 15) is 13.2 Å². The first-order valence-corrected chi connectivity index (χ1v) is 13.6. The Kier molecular flexibility index (Phi) is 9.27. The van der Waals surface area contributed by atoms with E-state index in [4.69, 9.17) is 9.72 Å². The Balaban J connectivity index is 1.72. The Bertz CT molecular complexity index is 1280. The van der Waals surface area contributed by atoms with Crippen molar-refractivity contribution in [3.8, 4) is 5.88 Å². The Morgan fingerprint density at radius 3 is 2.41 bits per heavy atom. The maximum Gasteiger partial charge on any atom is 0.266 e. The molecule has 1 aromatic carbocycles. The molecule has 212 valence electrons. The molecule has 10 heteroatoms. The lowest BCUT2D eigenvalue weighted by Crippen LogP contribution is -2.38. The molecule has 4 rings (SSSR count). The molecule has 0 saturated carbocycles. The Morgan fingerprint density at radius 2 is 1.77 bits per heavy atom. The van der Waals surface area contributed by atoms with Gasteiger partial charge in [0.05, 0.1) is 17.0 Å². The van der Waals surface area contributed by atoms with Crippen molar-refractivity contribution in [1.82, 2.24) is 24.8 Å². The maximum atomic E-state index is 14.9. The van der Waals surface area contributed by atoms with Crippen LogP contribution in [0.25, 0.3) is 11.0 Å². The smallest absolute Gasteiger partial charge is 0.266 e. The summed E-state index contributed by atoms with van der Waals surface area (Å²) in [4.78, 5) is 18.5. The van der Waals surface area contributed by atoms with Gasteiger partial charge in [0.1, 0.15) is 24.1 Å². The summed E-state index contributed by atoms with van der Waals surface area (Å²) in [5, 5.41) is 3.94. The molecule has 0 aliphatic carbocycles. The van der Waals surface area contributed by atoms with Gasteiger partial charge in [-0.3, -0.25) is 0 Å². The molecule has 3 aromatic rings. The Hall–Kier alpha value is -2.98. The number of aryl methyl sites for hydroxylation is 1. The van der Waals surface area contributed by atoms with Crippen LogP contribution in [0.4, 0.5) is 19.0 Å². The number of rotatable bonds is 10. The first kappa shape index (κ1) is 29.0. The molecular weight excluding hydrogens is 505 g/mol. The SMILES string of the molecule is Cc1nc(N[C@H](C)c2cccc(C(F)F)c2F)c2cc(C3CCN(C(C)C)CC3)c(OCCN(C)C)nc2n1. The standard InChI is InChI=1S/C29H39F3N6O/c1-17(2)38-12-10-20(11-13-38)23-16-24-27(33-18(3)21-8-7-9-22(25(21)30)26(31)32)34-19(4)35-28(24)36-29(23)39-15-14-37(5)6/h7-9,16-18,20,26H,10-15H2,1-6H3,(H,33,34,35,36)/t18-/m1/s1. The van der Waals surface area contributed by atoms with E-state index in [0.29, 0.717) is 41.2 Å². The molecule has 0 bridgehead atoms. The van der Waals surface area contributed by atoms with Crippen molar-refractivity contribution < 1.29 is 17.9 Å². The number of hydrogen-bond donors (Lipinski definition) is 1. The molecule has 1 atom stereocenters. The second kappa shape index (κ2) is 12.5. The van der Waals surface area contributed by atoms with E-state index in [-0.39, 0.29) is 11.5 Å². The number of anilines is 1. The van der Waals surface area contributed by atoms with Crippen molar-refractivity contribution in [3.05, 3.63) is 52.6 Å². The molecule has 7 nitrogen and oxygen atoms in total. The summed E-state index contributed by atoms with van der Waals surface area (Å²) < 4.78 is 47.7. The van der Waals surface area contributed by atoms with Crippen LogP contribution in [0.3, 0.4) is 0 Å². The molecule has 2 aromatic heterocycles. The number of aromatic nitrogens is 3. The largest absolute Gasteiger partial charge is 0.476 e. The predicted molar refractivity (Wildman–Crippen MR) is 148 cm³/mol. The lowest BCUT2D eigenvalue weighted by atomic mass is 9.89. The van der Waals surface area contributed by atoms with Crippen molar-refractivity contribution in [2.45, 2.75) is 65.0 Å². The quantitative estimate of drug-likeness (QED) is 0.330. The van der Waals surface area contributed by atoms with Crippen molar-refractivity contribution >= 4 is 16.9 Å². The highest BCUT2D eigenvalue weighted by Crippen LogP contribution is 2.38. The summed E-state index contributed by atoms with van der Waals surface area (Å²) in [7, 11) is 3.99. The van der Waals surface area contributed by atoms with Crippen LogP contribution in [0.1, 0.15) is 74.5 Å². The van der Waals surface area contributed by atoms with Gasteiger partial charge in [-0.2, -0.15) is 4.98 Å². The second-order valence-corrected chi connectivity index (χ2v) is 10.8. The van der Waals surface area contributed by atoms with Gasteiger partial charge in [0.2, 0.25) is 5.88 Å². The average Bonchev–Trinajstić information content (AvgIpc) is 2.88. The van der Waals surface area contributed by atoms with Gasteiger partial charge in [-0.05, 0) is 79.7 Å². The Morgan fingerprint density at radius 1 is 1.08 bits per heavy atom. The van der Waals surface area contributed by atoms with Crippen LogP contribution in [0.5, 0.6) is 5.88 Å². The molecule has 39 heavy (non-hydrogen) atoms. The normalized spacial score (nSPS) is 16.0. The molecule has 0 radical (unpaired) electrons. The fourth-order valence-electron chi connectivity index (χ4n) is 5.09. The van der Waals surface area contributed by atoms with Crippen LogP contribution in [0, 0.1) is 12.7 Å². The number of benzene rings is 1. The van der Waals surface area contributed by atoms with Crippen LogP contribution in [0.2, 0.25) is 0 Å². The number of nitrogens with zero attached hydrogens (tertiary/aromatic N) is 5. The van der Waals surface area contributed by atoms with Crippen LogP contribution >= 0.6 is 0 Å². The number of fused-ring (bicyclic) bond motifs is 1. The van der Waals surface area contributed by atoms with E-state index < -0.39 is 23.8 Å². The molecular formula is C29H39F3N6O. The first-order chi connectivity index (χ1) is 18.5. The summed E-state index contributed by atoms with van der Waals surface area (Å²) in [5.74, 6) is 0.914. The summed E-state index contributed by atoms with van der Waals surface area (Å²) >= 11 is 0. The summed E-state index contributed by atoms with van der Waals surface area (Å²) in [6, 6.07) is 5.99. The molecule has 1 aliphatic rings. The molecule has 1 aliphatic heterocycles. The van der Waals surface area contributed by atoms with E-state index in [1.807, 2.05) is 20.2 Å². The van der Waals surface area contributed by atoms with Gasteiger partial charge in [-0.25, -0.2) is 23.1 Å². The van der Waals surface area contributed by atoms with Crippen molar-refractivity contribution in [1.29, 1.82) is 0 Å². The second-order valence-electron chi connectivity index (χ2n) is 10.8. The van der Waals surface area contributed by atoms with Crippen molar-refractivity contribution in [2.24, 2.45) is 0 Å². The average molecular weight is 545 g/mol. The number of likely N-dealkylation sites (N-methyl/N-ethyl adjacent to an activating group) is 1. The highest BCUT2D eigenvalue weighted by molar-refractivity contribution is 5.88. The number of halogens is 3. The first-order valence-electron chi connectivity index (χ1n) is 13.6. The molecule has 1 saturated heterocycles. The van der Waals surface area contributed by atoms with Gasteiger partial charge in [-0.15, -0.1) is 0 Å². The fraction of sp³-hybridized carbons (Fsp3) is 0.552. The zero-order chi connectivity index (χ0) is 28.3. The van der Waals surface area contributed by atoms with Gasteiger partial charge in [0.25, 0.3) is 6.43 Å². The highest BCUT2D eigenvalue weighted by atomic mass is 19.3. The van der Waals surface area contributed by atoms with Gasteiger partial charge in [0, 0.05) is 23.7 Å². The predicted octanol–water partition coefficient (Wildman–Crippen LogP) is 6.11. The van der Waals surface area contributed by atoms with Crippen LogP contribution < -0.4 is 10.1 Å². The topological polar surface area (TPSA) is 66.4 Å². The number of piperidine rings is 1. The van der Waals surface area contributed by atoms with E-state index in [0.717, 1.165) is 44.1 Å². The minimum atomic E-state index is -2.89. The Labute approximate surface area is 228 Å². The molecule has 0 amide bonds. The van der Waals surface area contributed by atoms with Crippen LogP contribution in [-0.2, 0) is 0 Å². The highest BCUT2D eigenvalue weighted by Gasteiger charge is 2.27. The van der Waals surface area contributed by atoms with Gasteiger partial charge in [-0.1, -0.05) is 18.2 Å². The number of hydrogen-bond acceptors (Lipinski definition) is 7. The van der Waals surface area contributed by atoms with E-state index in [1.165, 1.54) is 12.1 Å². The van der Waals surface area contributed by atoms with Crippen LogP contribution in [-0.4, -0.2) is 71.1 Å². The summed E-state index contributed by atoms with van der Waals surface area (Å²) in [6.45, 7) is 11.1. The number of ether oxygens (including phenoxy) is 1. The number of likely N-dealkylation sites (tertiary alicyclic amines) is 1.